The molecule has 0 amide bonds. The highest BCUT2D eigenvalue weighted by Gasteiger charge is 2.65. The Morgan fingerprint density at radius 1 is 1.25 bits per heavy atom. The van der Waals surface area contributed by atoms with Crippen molar-refractivity contribution in [3.8, 4) is 0 Å². The van der Waals surface area contributed by atoms with Gasteiger partial charge in [-0.25, -0.2) is 0 Å². The maximum Gasteiger partial charge on any atom is 0.455 e. The molecule has 3 nitrogen and oxygen atoms in total. The number of halogens is 5. The minimum atomic E-state index is -5.73. The second-order valence-corrected chi connectivity index (χ2v) is 4.18. The molecule has 0 aromatic rings. The van der Waals surface area contributed by atoms with Crippen molar-refractivity contribution in [3.63, 3.8) is 0 Å². The van der Waals surface area contributed by atoms with E-state index in [0.717, 1.165) is 0 Å². The van der Waals surface area contributed by atoms with Crippen molar-refractivity contribution in [2.75, 3.05) is 7.11 Å². The molecular formula is C3H3ClF4O3S. The molecule has 0 aliphatic rings. The van der Waals surface area contributed by atoms with E-state index in [1.54, 1.807) is 0 Å². The molecule has 0 bridgehead atoms. The lowest BCUT2D eigenvalue weighted by Gasteiger charge is -2.18. The van der Waals surface area contributed by atoms with Crippen molar-refractivity contribution >= 4 is 21.7 Å². The van der Waals surface area contributed by atoms with Gasteiger partial charge < -0.3 is 0 Å². The molecule has 0 rings (SSSR count). The summed E-state index contributed by atoms with van der Waals surface area (Å²) in [4.78, 5) is 0. The Morgan fingerprint density at radius 3 is 1.67 bits per heavy atom. The summed E-state index contributed by atoms with van der Waals surface area (Å²) in [6.07, 6.45) is -5.73. The van der Waals surface area contributed by atoms with Crippen LogP contribution < -0.4 is 0 Å². The fourth-order valence-electron chi connectivity index (χ4n) is 0.246. The summed E-state index contributed by atoms with van der Waals surface area (Å²) in [5.74, 6) is 0. The van der Waals surface area contributed by atoms with Gasteiger partial charge in [-0.2, -0.15) is 26.0 Å². The van der Waals surface area contributed by atoms with Gasteiger partial charge in [0.25, 0.3) is 0 Å². The first kappa shape index (κ1) is 11.9. The van der Waals surface area contributed by atoms with Crippen molar-refractivity contribution in [1.82, 2.24) is 0 Å². The molecule has 0 aromatic heterocycles. The predicted octanol–water partition coefficient (Wildman–Crippen LogP) is 1.39. The largest absolute Gasteiger partial charge is 0.455 e. The zero-order chi connectivity index (χ0) is 10.2. The fraction of sp³-hybridized carbons (Fsp3) is 1.00. The highest BCUT2D eigenvalue weighted by molar-refractivity contribution is 7.89. The fourth-order valence-corrected chi connectivity index (χ4v) is 0.928. The van der Waals surface area contributed by atoms with Gasteiger partial charge in [0.2, 0.25) is 0 Å². The van der Waals surface area contributed by atoms with E-state index in [1.807, 2.05) is 0 Å². The summed E-state index contributed by atoms with van der Waals surface area (Å²) in [5.41, 5.74) is 0. The van der Waals surface area contributed by atoms with Crippen LogP contribution in [0.3, 0.4) is 0 Å². The Kier molecular flexibility index (Phi) is 2.98. The van der Waals surface area contributed by atoms with E-state index in [0.29, 0.717) is 7.11 Å². The summed E-state index contributed by atoms with van der Waals surface area (Å²) in [6.45, 7) is 0. The molecule has 0 aromatic carbocycles. The molecule has 1 atom stereocenters. The third kappa shape index (κ3) is 1.80. The number of alkyl halides is 5. The molecular weight excluding hydrogens is 228 g/mol. The number of hydrogen-bond donors (Lipinski definition) is 0. The van der Waals surface area contributed by atoms with E-state index in [9.17, 15) is 26.0 Å². The summed E-state index contributed by atoms with van der Waals surface area (Å²) >= 11 is 4.10. The Bertz CT molecular complexity index is 255. The summed E-state index contributed by atoms with van der Waals surface area (Å²) in [6, 6.07) is 0. The van der Waals surface area contributed by atoms with Crippen molar-refractivity contribution in [3.05, 3.63) is 0 Å². The maximum atomic E-state index is 12.3. The first-order valence-corrected chi connectivity index (χ1v) is 4.09. The van der Waals surface area contributed by atoms with E-state index in [2.05, 4.69) is 15.8 Å². The van der Waals surface area contributed by atoms with Gasteiger partial charge in [0.05, 0.1) is 7.11 Å². The van der Waals surface area contributed by atoms with Gasteiger partial charge in [0.1, 0.15) is 0 Å². The first-order chi connectivity index (χ1) is 5.06. The molecule has 0 aliphatic heterocycles. The molecule has 0 spiro atoms. The average molecular weight is 231 g/mol. The van der Waals surface area contributed by atoms with Crippen LogP contribution in [0.15, 0.2) is 0 Å². The summed E-state index contributed by atoms with van der Waals surface area (Å²) < 4.78 is 65.8. The maximum absolute atomic E-state index is 12.3. The van der Waals surface area contributed by atoms with Gasteiger partial charge in [-0.05, 0) is 0 Å². The third-order valence-electron chi connectivity index (χ3n) is 0.863. The quantitative estimate of drug-likeness (QED) is 0.409. The standard InChI is InChI=1S/C3H3ClF4O3S/c1-11-12(9,10)2(4,5)3(6,7)8/h1H3. The predicted molar refractivity (Wildman–Crippen MR) is 31.7 cm³/mol. The Labute approximate surface area is 70.4 Å². The van der Waals surface area contributed by atoms with E-state index in [1.165, 1.54) is 0 Å². The summed E-state index contributed by atoms with van der Waals surface area (Å²) in [5, 5.41) is 0. The van der Waals surface area contributed by atoms with E-state index >= 15 is 0 Å². The van der Waals surface area contributed by atoms with E-state index in [4.69, 9.17) is 0 Å². The van der Waals surface area contributed by atoms with Crippen LogP contribution in [0.2, 0.25) is 0 Å². The summed E-state index contributed by atoms with van der Waals surface area (Å²) in [7, 11) is -5.11. The number of hydrogen-bond acceptors (Lipinski definition) is 3. The zero-order valence-corrected chi connectivity index (χ0v) is 7.10. The molecule has 9 heteroatoms. The SMILES string of the molecule is COS(=O)(=O)C(F)(Cl)C(F)(F)F. The van der Waals surface area contributed by atoms with Gasteiger partial charge in [0, 0.05) is 0 Å². The van der Waals surface area contributed by atoms with Gasteiger partial charge in [0.15, 0.2) is 0 Å². The average Bonchev–Trinajstić information content (AvgIpc) is 1.85. The second kappa shape index (κ2) is 3.00. The molecule has 0 aliphatic carbocycles. The van der Waals surface area contributed by atoms with Gasteiger partial charge in [-0.1, -0.05) is 11.6 Å². The molecule has 74 valence electrons. The third-order valence-corrected chi connectivity index (χ3v) is 2.94. The van der Waals surface area contributed by atoms with Crippen LogP contribution in [0.4, 0.5) is 17.6 Å². The molecule has 0 radical (unpaired) electrons. The highest BCUT2D eigenvalue weighted by Crippen LogP contribution is 2.42. The Balaban J connectivity index is 5.14. The second-order valence-electron chi connectivity index (χ2n) is 1.64. The van der Waals surface area contributed by atoms with Crippen molar-refractivity contribution < 1.29 is 30.2 Å². The van der Waals surface area contributed by atoms with Crippen LogP contribution >= 0.6 is 11.6 Å². The van der Waals surface area contributed by atoms with Crippen molar-refractivity contribution in [1.29, 1.82) is 0 Å². The molecule has 0 fully saturated rings. The topological polar surface area (TPSA) is 43.4 Å². The monoisotopic (exact) mass is 230 g/mol. The van der Waals surface area contributed by atoms with Crippen LogP contribution in [0, 0.1) is 0 Å². The Hall–Kier alpha value is -0.0800. The molecule has 0 saturated carbocycles. The minimum Gasteiger partial charge on any atom is -0.270 e. The molecule has 0 N–H and O–H groups in total. The molecule has 1 unspecified atom stereocenters. The lowest BCUT2D eigenvalue weighted by Crippen LogP contribution is -2.43. The van der Waals surface area contributed by atoms with E-state index < -0.39 is 20.8 Å². The van der Waals surface area contributed by atoms with Crippen LogP contribution in [0.5, 0.6) is 0 Å². The normalized spacial score (nSPS) is 18.8. The molecule has 0 saturated heterocycles. The Morgan fingerprint density at radius 2 is 1.58 bits per heavy atom. The van der Waals surface area contributed by atoms with Crippen LogP contribution in [-0.4, -0.2) is 26.2 Å². The molecule has 0 heterocycles. The van der Waals surface area contributed by atoms with Gasteiger partial charge in [-0.15, -0.1) is 0 Å². The van der Waals surface area contributed by atoms with Gasteiger partial charge in [-0.3, -0.25) is 4.18 Å². The minimum absolute atomic E-state index is 0.373. The van der Waals surface area contributed by atoms with Crippen LogP contribution in [0.25, 0.3) is 0 Å². The van der Waals surface area contributed by atoms with Crippen molar-refractivity contribution in [2.45, 2.75) is 10.6 Å². The van der Waals surface area contributed by atoms with Crippen LogP contribution in [0.1, 0.15) is 0 Å². The van der Waals surface area contributed by atoms with Gasteiger partial charge >= 0.3 is 20.8 Å². The highest BCUT2D eigenvalue weighted by atomic mass is 35.5. The van der Waals surface area contributed by atoms with Crippen molar-refractivity contribution in [2.24, 2.45) is 0 Å². The molecule has 12 heavy (non-hydrogen) atoms. The van der Waals surface area contributed by atoms with E-state index in [-0.39, 0.29) is 0 Å². The number of rotatable bonds is 2. The van der Waals surface area contributed by atoms with Crippen LogP contribution in [-0.2, 0) is 14.3 Å². The smallest absolute Gasteiger partial charge is 0.270 e. The zero-order valence-electron chi connectivity index (χ0n) is 5.52. The lowest BCUT2D eigenvalue weighted by atomic mass is 10.7. The first-order valence-electron chi connectivity index (χ1n) is 2.31. The lowest BCUT2D eigenvalue weighted by molar-refractivity contribution is -0.172.